The maximum atomic E-state index is 13.2. The molecule has 2 aliphatic rings. The molecule has 7 heteroatoms. The number of fused-ring (bicyclic) bond motifs is 1. The van der Waals surface area contributed by atoms with Gasteiger partial charge < -0.3 is 10.2 Å². The zero-order chi connectivity index (χ0) is 22.8. The number of benzene rings is 2. The van der Waals surface area contributed by atoms with E-state index in [1.165, 1.54) is 19.2 Å². The number of likely N-dealkylation sites (tertiary alicyclic amines) is 1. The number of hydrogen-bond donors (Lipinski definition) is 1. The molecule has 2 aromatic carbocycles. The highest BCUT2D eigenvalue weighted by molar-refractivity contribution is 5.98. The molecule has 1 aromatic heterocycles. The van der Waals surface area contributed by atoms with E-state index in [1.807, 2.05) is 52.3 Å². The maximum absolute atomic E-state index is 13.2. The van der Waals surface area contributed by atoms with Crippen LogP contribution in [0.25, 0.3) is 10.9 Å². The van der Waals surface area contributed by atoms with Crippen molar-refractivity contribution in [3.8, 4) is 12.3 Å². The Hall–Kier alpha value is -3.63. The molecule has 0 radical (unpaired) electrons. The number of rotatable bonds is 6. The van der Waals surface area contributed by atoms with Crippen LogP contribution in [0, 0.1) is 12.3 Å². The summed E-state index contributed by atoms with van der Waals surface area (Å²) in [5, 5.41) is 4.23. The van der Waals surface area contributed by atoms with Gasteiger partial charge in [0.1, 0.15) is 12.1 Å². The van der Waals surface area contributed by atoms with Gasteiger partial charge in [0.25, 0.3) is 0 Å². The molecule has 33 heavy (non-hydrogen) atoms. The van der Waals surface area contributed by atoms with E-state index in [0.29, 0.717) is 18.4 Å². The largest absolute Gasteiger partial charge is 0.340 e. The Kier molecular flexibility index (Phi) is 5.84. The molecule has 3 aromatic rings. The predicted molar refractivity (Wildman–Crippen MR) is 132 cm³/mol. The molecule has 5 rings (SSSR count). The average molecular weight is 441 g/mol. The fourth-order valence-corrected chi connectivity index (χ4v) is 4.90. The lowest BCUT2D eigenvalue weighted by Crippen LogP contribution is -2.42. The van der Waals surface area contributed by atoms with Gasteiger partial charge in [0.2, 0.25) is 0 Å². The van der Waals surface area contributed by atoms with E-state index in [9.17, 15) is 4.79 Å². The van der Waals surface area contributed by atoms with E-state index in [-0.39, 0.29) is 6.03 Å². The molecule has 0 spiro atoms. The molecule has 0 bridgehead atoms. The van der Waals surface area contributed by atoms with Gasteiger partial charge in [-0.2, -0.15) is 0 Å². The Bertz CT molecular complexity index is 1220. The minimum Gasteiger partial charge on any atom is -0.340 e. The molecule has 168 valence electrons. The van der Waals surface area contributed by atoms with Gasteiger partial charge in [0, 0.05) is 48.0 Å². The number of nitrogens with zero attached hydrogens (tertiary/aromatic N) is 5. The van der Waals surface area contributed by atoms with Crippen molar-refractivity contribution in [2.75, 3.05) is 42.9 Å². The van der Waals surface area contributed by atoms with Gasteiger partial charge in [-0.1, -0.05) is 18.9 Å². The van der Waals surface area contributed by atoms with Crippen LogP contribution in [0.15, 0.2) is 48.8 Å². The molecule has 2 aliphatic heterocycles. The van der Waals surface area contributed by atoms with E-state index in [0.717, 1.165) is 54.0 Å². The Morgan fingerprint density at radius 1 is 1.15 bits per heavy atom. The van der Waals surface area contributed by atoms with Crippen molar-refractivity contribution in [2.45, 2.75) is 25.8 Å². The number of carbonyl (C=O) groups is 1. The summed E-state index contributed by atoms with van der Waals surface area (Å²) in [4.78, 5) is 28.4. The van der Waals surface area contributed by atoms with E-state index in [4.69, 9.17) is 6.42 Å². The lowest BCUT2D eigenvalue weighted by molar-refractivity contribution is 0.188. The summed E-state index contributed by atoms with van der Waals surface area (Å²) < 4.78 is 0. The van der Waals surface area contributed by atoms with Crippen molar-refractivity contribution in [3.05, 3.63) is 54.4 Å². The third kappa shape index (κ3) is 4.22. The standard InChI is InChI=1S/C26H28N6O/c1-3-19-7-5-8-20(15-19)29-25-23-11-10-21(16-24(23)27-18-28-25)32-14-13-31(26(32)33)17-22-9-6-12-30(22)4-2/h1,5,7-8,10-11,15-16,18,22H,4,6,9,12-14,17H2,2H3,(H,27,28,29). The average Bonchev–Trinajstić information content (AvgIpc) is 3.45. The van der Waals surface area contributed by atoms with Crippen molar-refractivity contribution in [2.24, 2.45) is 0 Å². The van der Waals surface area contributed by atoms with Crippen LogP contribution in [0.3, 0.4) is 0 Å². The maximum Gasteiger partial charge on any atom is 0.324 e. The number of likely N-dealkylation sites (N-methyl/N-ethyl adjacent to an activating group) is 1. The minimum absolute atomic E-state index is 0.0795. The van der Waals surface area contributed by atoms with Gasteiger partial charge >= 0.3 is 6.03 Å². The molecule has 1 atom stereocenters. The van der Waals surface area contributed by atoms with Crippen molar-refractivity contribution in [3.63, 3.8) is 0 Å². The first-order valence-corrected chi connectivity index (χ1v) is 11.5. The van der Waals surface area contributed by atoms with Gasteiger partial charge in [-0.15, -0.1) is 6.42 Å². The van der Waals surface area contributed by atoms with Crippen LogP contribution in [0.4, 0.5) is 22.0 Å². The fraction of sp³-hybridized carbons (Fsp3) is 0.346. The molecule has 0 saturated carbocycles. The summed E-state index contributed by atoms with van der Waals surface area (Å²) in [6.45, 7) is 6.64. The summed E-state index contributed by atoms with van der Waals surface area (Å²) in [7, 11) is 0. The quantitative estimate of drug-likeness (QED) is 0.585. The lowest BCUT2D eigenvalue weighted by atomic mass is 10.2. The van der Waals surface area contributed by atoms with Crippen LogP contribution in [0.1, 0.15) is 25.3 Å². The third-order valence-electron chi connectivity index (χ3n) is 6.66. The van der Waals surface area contributed by atoms with Gasteiger partial charge in [0.05, 0.1) is 5.52 Å². The summed E-state index contributed by atoms with van der Waals surface area (Å²) >= 11 is 0. The molecule has 2 saturated heterocycles. The molecule has 2 fully saturated rings. The number of hydrogen-bond acceptors (Lipinski definition) is 5. The normalized spacial score (nSPS) is 18.8. The number of carbonyl (C=O) groups excluding carboxylic acids is 1. The Labute approximate surface area is 194 Å². The molecule has 1 N–H and O–H groups in total. The smallest absolute Gasteiger partial charge is 0.324 e. The Morgan fingerprint density at radius 3 is 2.91 bits per heavy atom. The third-order valence-corrected chi connectivity index (χ3v) is 6.66. The van der Waals surface area contributed by atoms with Crippen LogP contribution < -0.4 is 10.2 Å². The van der Waals surface area contributed by atoms with Crippen LogP contribution in [0.5, 0.6) is 0 Å². The van der Waals surface area contributed by atoms with Crippen molar-refractivity contribution >= 4 is 34.1 Å². The number of aromatic nitrogens is 2. The summed E-state index contributed by atoms with van der Waals surface area (Å²) in [5.74, 6) is 3.35. The monoisotopic (exact) mass is 440 g/mol. The highest BCUT2D eigenvalue weighted by Gasteiger charge is 2.33. The van der Waals surface area contributed by atoms with Crippen molar-refractivity contribution in [1.82, 2.24) is 19.8 Å². The van der Waals surface area contributed by atoms with E-state index < -0.39 is 0 Å². The van der Waals surface area contributed by atoms with Crippen molar-refractivity contribution < 1.29 is 4.79 Å². The predicted octanol–water partition coefficient (Wildman–Crippen LogP) is 4.08. The minimum atomic E-state index is 0.0795. The van der Waals surface area contributed by atoms with Crippen LogP contribution in [-0.2, 0) is 0 Å². The summed E-state index contributed by atoms with van der Waals surface area (Å²) in [5.41, 5.74) is 3.33. The molecule has 7 nitrogen and oxygen atoms in total. The van der Waals surface area contributed by atoms with E-state index >= 15 is 0 Å². The summed E-state index contributed by atoms with van der Waals surface area (Å²) in [6.07, 6.45) is 9.45. The first-order valence-electron chi connectivity index (χ1n) is 11.5. The lowest BCUT2D eigenvalue weighted by Gasteiger charge is -2.27. The number of terminal acetylenes is 1. The fourth-order valence-electron chi connectivity index (χ4n) is 4.90. The topological polar surface area (TPSA) is 64.6 Å². The highest BCUT2D eigenvalue weighted by atomic mass is 16.2. The van der Waals surface area contributed by atoms with Gasteiger partial charge in [-0.25, -0.2) is 14.8 Å². The van der Waals surface area contributed by atoms with Gasteiger partial charge in [0.15, 0.2) is 0 Å². The molecule has 3 heterocycles. The van der Waals surface area contributed by atoms with Crippen LogP contribution in [-0.4, -0.2) is 64.6 Å². The second-order valence-corrected chi connectivity index (χ2v) is 8.58. The number of amides is 2. The SMILES string of the molecule is C#Cc1cccc(Nc2ncnc3cc(N4CCN(CC5CCCN5CC)C4=O)ccc23)c1. The first kappa shape index (κ1) is 21.2. The van der Waals surface area contributed by atoms with Gasteiger partial charge in [-0.3, -0.25) is 9.80 Å². The number of nitrogens with one attached hydrogen (secondary N) is 1. The molecular formula is C26H28N6O. The molecule has 0 aliphatic carbocycles. The first-order chi connectivity index (χ1) is 16.2. The zero-order valence-corrected chi connectivity index (χ0v) is 18.9. The number of anilines is 3. The Balaban J connectivity index is 1.34. The summed E-state index contributed by atoms with van der Waals surface area (Å²) in [6, 6.07) is 14.1. The molecular weight excluding hydrogens is 412 g/mol. The van der Waals surface area contributed by atoms with Gasteiger partial charge in [-0.05, 0) is 62.3 Å². The number of urea groups is 1. The van der Waals surface area contributed by atoms with Crippen LogP contribution in [0.2, 0.25) is 0 Å². The molecule has 1 unspecified atom stereocenters. The second-order valence-electron chi connectivity index (χ2n) is 8.58. The molecule has 2 amide bonds. The van der Waals surface area contributed by atoms with Crippen LogP contribution >= 0.6 is 0 Å². The second kappa shape index (κ2) is 9.08. The van der Waals surface area contributed by atoms with Crippen molar-refractivity contribution in [1.29, 1.82) is 0 Å². The zero-order valence-electron chi connectivity index (χ0n) is 18.9. The Morgan fingerprint density at radius 2 is 2.06 bits per heavy atom. The van der Waals surface area contributed by atoms with E-state index in [1.54, 1.807) is 0 Å². The highest BCUT2D eigenvalue weighted by Crippen LogP contribution is 2.29. The van der Waals surface area contributed by atoms with E-state index in [2.05, 4.69) is 33.0 Å².